The molecule has 0 aliphatic carbocycles. The zero-order chi connectivity index (χ0) is 12.9. The summed E-state index contributed by atoms with van der Waals surface area (Å²) in [5.41, 5.74) is -0.373. The predicted molar refractivity (Wildman–Crippen MR) is 56.1 cm³/mol. The molecule has 17 heavy (non-hydrogen) atoms. The van der Waals surface area contributed by atoms with E-state index in [9.17, 15) is 13.2 Å². The van der Waals surface area contributed by atoms with Crippen LogP contribution in [0.25, 0.3) is 6.08 Å². The molecule has 0 unspecified atom stereocenters. The Morgan fingerprint density at radius 1 is 1.24 bits per heavy atom. The topological polar surface area (TPSA) is 31.4 Å². The summed E-state index contributed by atoms with van der Waals surface area (Å²) in [6, 6.07) is 2.25. The summed E-state index contributed by atoms with van der Waals surface area (Å²) in [4.78, 5) is 3.32. The predicted octanol–water partition coefficient (Wildman–Crippen LogP) is 2.73. The third-order valence-corrected chi connectivity index (χ3v) is 1.99. The van der Waals surface area contributed by atoms with Crippen molar-refractivity contribution in [3.8, 4) is 0 Å². The summed E-state index contributed by atoms with van der Waals surface area (Å²) in [6.07, 6.45) is -0.655. The van der Waals surface area contributed by atoms with Crippen molar-refractivity contribution in [1.29, 1.82) is 0 Å². The molecule has 0 saturated carbocycles. The Morgan fingerprint density at radius 2 is 1.88 bits per heavy atom. The number of ether oxygens (including phenoxy) is 2. The average Bonchev–Trinajstić information content (AvgIpc) is 2.30. The van der Waals surface area contributed by atoms with Gasteiger partial charge in [0, 0.05) is 20.4 Å². The standard InChI is InChI=1S/C11H12F3NO2/c1-16-10(17-2)6-4-8-3-5-9(15-7-8)11(12,13)14/h3-7,10H,1-2H3/b6-4+. The molecule has 6 heteroatoms. The quantitative estimate of drug-likeness (QED) is 0.766. The summed E-state index contributed by atoms with van der Waals surface area (Å²) in [5.74, 6) is 0. The van der Waals surface area contributed by atoms with Crippen LogP contribution in [0.3, 0.4) is 0 Å². The van der Waals surface area contributed by atoms with E-state index in [1.54, 1.807) is 12.2 Å². The molecule has 0 aliphatic heterocycles. The molecule has 1 rings (SSSR count). The van der Waals surface area contributed by atoms with Crippen LogP contribution >= 0.6 is 0 Å². The number of alkyl halides is 3. The number of hydrogen-bond donors (Lipinski definition) is 0. The van der Waals surface area contributed by atoms with Crippen LogP contribution in [0, 0.1) is 0 Å². The summed E-state index contributed by atoms with van der Waals surface area (Å²) in [7, 11) is 2.92. The van der Waals surface area contributed by atoms with Crippen LogP contribution in [0.4, 0.5) is 13.2 Å². The molecule has 0 bridgehead atoms. The van der Waals surface area contributed by atoms with E-state index in [-0.39, 0.29) is 0 Å². The molecule has 3 nitrogen and oxygen atoms in total. The van der Waals surface area contributed by atoms with Crippen LogP contribution < -0.4 is 0 Å². The third-order valence-electron chi connectivity index (χ3n) is 1.99. The van der Waals surface area contributed by atoms with Crippen LogP contribution in [0.5, 0.6) is 0 Å². The first-order chi connectivity index (χ1) is 7.97. The molecular formula is C11H12F3NO2. The highest BCUT2D eigenvalue weighted by Crippen LogP contribution is 2.27. The number of pyridine rings is 1. The van der Waals surface area contributed by atoms with Gasteiger partial charge >= 0.3 is 6.18 Å². The first-order valence-electron chi connectivity index (χ1n) is 4.74. The number of aromatic nitrogens is 1. The SMILES string of the molecule is COC(/C=C/c1ccc(C(F)(F)F)nc1)OC. The molecule has 1 heterocycles. The minimum atomic E-state index is -4.41. The van der Waals surface area contributed by atoms with Gasteiger partial charge in [-0.1, -0.05) is 12.1 Å². The van der Waals surface area contributed by atoms with Crippen LogP contribution in [0.2, 0.25) is 0 Å². The molecule has 0 radical (unpaired) electrons. The van der Waals surface area contributed by atoms with Gasteiger partial charge in [0.25, 0.3) is 0 Å². The van der Waals surface area contributed by atoms with E-state index in [1.807, 2.05) is 0 Å². The van der Waals surface area contributed by atoms with Crippen molar-refractivity contribution in [2.45, 2.75) is 12.5 Å². The summed E-state index contributed by atoms with van der Waals surface area (Å²) in [5, 5.41) is 0. The van der Waals surface area contributed by atoms with Gasteiger partial charge in [-0.15, -0.1) is 0 Å². The minimum Gasteiger partial charge on any atom is -0.352 e. The van der Waals surface area contributed by atoms with Crippen LogP contribution in [-0.2, 0) is 15.7 Å². The molecule has 0 amide bonds. The number of rotatable bonds is 4. The Hall–Kier alpha value is -1.40. The van der Waals surface area contributed by atoms with Crippen molar-refractivity contribution in [2.75, 3.05) is 14.2 Å². The normalized spacial score (nSPS) is 12.6. The summed E-state index contributed by atoms with van der Waals surface area (Å²) in [6.45, 7) is 0. The van der Waals surface area contributed by atoms with E-state index in [4.69, 9.17) is 9.47 Å². The number of methoxy groups -OCH3 is 2. The monoisotopic (exact) mass is 247 g/mol. The average molecular weight is 247 g/mol. The number of nitrogens with zero attached hydrogens (tertiary/aromatic N) is 1. The van der Waals surface area contributed by atoms with E-state index >= 15 is 0 Å². The van der Waals surface area contributed by atoms with Gasteiger partial charge in [-0.3, -0.25) is 4.98 Å². The molecule has 0 N–H and O–H groups in total. The molecule has 1 aromatic heterocycles. The van der Waals surface area contributed by atoms with Gasteiger partial charge in [0.1, 0.15) is 5.69 Å². The zero-order valence-electron chi connectivity index (χ0n) is 9.36. The Morgan fingerprint density at radius 3 is 2.29 bits per heavy atom. The van der Waals surface area contributed by atoms with Crippen LogP contribution in [0.15, 0.2) is 24.4 Å². The maximum absolute atomic E-state index is 12.2. The van der Waals surface area contributed by atoms with Crippen molar-refractivity contribution in [3.63, 3.8) is 0 Å². The lowest BCUT2D eigenvalue weighted by Crippen LogP contribution is -2.08. The Balaban J connectivity index is 2.75. The Kier molecular flexibility index (Phi) is 4.65. The van der Waals surface area contributed by atoms with E-state index in [0.29, 0.717) is 5.56 Å². The molecule has 0 fully saturated rings. The van der Waals surface area contributed by atoms with Gasteiger partial charge in [0.2, 0.25) is 0 Å². The second-order valence-corrected chi connectivity index (χ2v) is 3.17. The molecule has 0 atom stereocenters. The lowest BCUT2D eigenvalue weighted by atomic mass is 10.2. The van der Waals surface area contributed by atoms with Gasteiger partial charge in [-0.25, -0.2) is 0 Å². The molecule has 0 spiro atoms. The van der Waals surface area contributed by atoms with Crippen molar-refractivity contribution >= 4 is 6.08 Å². The molecular weight excluding hydrogens is 235 g/mol. The van der Waals surface area contributed by atoms with E-state index in [0.717, 1.165) is 12.3 Å². The van der Waals surface area contributed by atoms with Crippen molar-refractivity contribution in [3.05, 3.63) is 35.7 Å². The molecule has 0 aliphatic rings. The van der Waals surface area contributed by atoms with Crippen molar-refractivity contribution in [2.24, 2.45) is 0 Å². The van der Waals surface area contributed by atoms with Gasteiger partial charge in [-0.05, 0) is 17.7 Å². The third kappa shape index (κ3) is 4.16. The van der Waals surface area contributed by atoms with E-state index in [1.165, 1.54) is 20.3 Å². The Labute approximate surface area is 96.9 Å². The fraction of sp³-hybridized carbons (Fsp3) is 0.364. The van der Waals surface area contributed by atoms with Gasteiger partial charge in [0.15, 0.2) is 6.29 Å². The number of hydrogen-bond acceptors (Lipinski definition) is 3. The van der Waals surface area contributed by atoms with E-state index < -0.39 is 18.2 Å². The van der Waals surface area contributed by atoms with Gasteiger partial charge in [-0.2, -0.15) is 13.2 Å². The second-order valence-electron chi connectivity index (χ2n) is 3.17. The maximum Gasteiger partial charge on any atom is 0.433 e. The minimum absolute atomic E-state index is 0.530. The highest BCUT2D eigenvalue weighted by atomic mass is 19.4. The van der Waals surface area contributed by atoms with Gasteiger partial charge < -0.3 is 9.47 Å². The zero-order valence-corrected chi connectivity index (χ0v) is 9.36. The van der Waals surface area contributed by atoms with Crippen molar-refractivity contribution in [1.82, 2.24) is 4.98 Å². The number of halogens is 3. The van der Waals surface area contributed by atoms with Crippen LogP contribution in [0.1, 0.15) is 11.3 Å². The van der Waals surface area contributed by atoms with E-state index in [2.05, 4.69) is 4.98 Å². The molecule has 1 aromatic rings. The first-order valence-corrected chi connectivity index (χ1v) is 4.74. The molecule has 0 saturated heterocycles. The molecule has 0 aromatic carbocycles. The first kappa shape index (κ1) is 13.7. The molecule has 94 valence electrons. The van der Waals surface area contributed by atoms with Crippen molar-refractivity contribution < 1.29 is 22.6 Å². The lowest BCUT2D eigenvalue weighted by Gasteiger charge is -2.07. The maximum atomic E-state index is 12.2. The summed E-state index contributed by atoms with van der Waals surface area (Å²) < 4.78 is 46.4. The van der Waals surface area contributed by atoms with Gasteiger partial charge in [0.05, 0.1) is 0 Å². The highest BCUT2D eigenvalue weighted by molar-refractivity contribution is 5.48. The smallest absolute Gasteiger partial charge is 0.352 e. The Bertz CT molecular complexity index is 369. The van der Waals surface area contributed by atoms with Crippen LogP contribution in [-0.4, -0.2) is 25.5 Å². The second kappa shape index (κ2) is 5.79. The lowest BCUT2D eigenvalue weighted by molar-refractivity contribution is -0.141. The largest absolute Gasteiger partial charge is 0.433 e. The fourth-order valence-corrected chi connectivity index (χ4v) is 1.11. The highest BCUT2D eigenvalue weighted by Gasteiger charge is 2.31. The summed E-state index contributed by atoms with van der Waals surface area (Å²) >= 11 is 0. The fourth-order valence-electron chi connectivity index (χ4n) is 1.11.